The fourth-order valence-corrected chi connectivity index (χ4v) is 1.97. The predicted octanol–water partition coefficient (Wildman–Crippen LogP) is 2.30. The van der Waals surface area contributed by atoms with Crippen LogP contribution in [0.5, 0.6) is 0 Å². The second-order valence-electron chi connectivity index (χ2n) is 4.36. The van der Waals surface area contributed by atoms with E-state index in [9.17, 15) is 4.79 Å². The second-order valence-corrected chi connectivity index (χ2v) is 4.80. The van der Waals surface area contributed by atoms with Crippen LogP contribution in [0.1, 0.15) is 25.6 Å². The highest BCUT2D eigenvalue weighted by atomic mass is 35.5. The summed E-state index contributed by atoms with van der Waals surface area (Å²) < 4.78 is 6.36. The first-order chi connectivity index (χ1) is 8.52. The molecular weight excluding hydrogens is 254 g/mol. The number of rotatable bonds is 3. The SMILES string of the molecule is COC(=O)C(c1nc2ccc(Cl)cn2n1)C(C)C. The van der Waals surface area contributed by atoms with Crippen LogP contribution >= 0.6 is 11.6 Å². The van der Waals surface area contributed by atoms with Gasteiger partial charge in [0, 0.05) is 6.20 Å². The van der Waals surface area contributed by atoms with Gasteiger partial charge < -0.3 is 4.74 Å². The molecule has 2 aromatic rings. The maximum absolute atomic E-state index is 11.8. The van der Waals surface area contributed by atoms with Crippen molar-refractivity contribution in [3.63, 3.8) is 0 Å². The Balaban J connectivity index is 2.48. The summed E-state index contributed by atoms with van der Waals surface area (Å²) in [5.41, 5.74) is 0.656. The van der Waals surface area contributed by atoms with Crippen LogP contribution in [0.3, 0.4) is 0 Å². The molecule has 2 heterocycles. The van der Waals surface area contributed by atoms with Gasteiger partial charge in [0.2, 0.25) is 0 Å². The summed E-state index contributed by atoms with van der Waals surface area (Å²) >= 11 is 5.88. The van der Waals surface area contributed by atoms with E-state index in [4.69, 9.17) is 16.3 Å². The van der Waals surface area contributed by atoms with Crippen molar-refractivity contribution in [1.82, 2.24) is 14.6 Å². The number of pyridine rings is 1. The average Bonchev–Trinajstić information content (AvgIpc) is 2.70. The summed E-state index contributed by atoms with van der Waals surface area (Å²) in [5.74, 6) is -0.273. The van der Waals surface area contributed by atoms with E-state index >= 15 is 0 Å². The molecule has 2 rings (SSSR count). The Hall–Kier alpha value is -1.62. The molecule has 0 saturated carbocycles. The van der Waals surface area contributed by atoms with E-state index in [1.54, 1.807) is 22.8 Å². The summed E-state index contributed by atoms with van der Waals surface area (Å²) in [4.78, 5) is 16.1. The van der Waals surface area contributed by atoms with Gasteiger partial charge in [0.25, 0.3) is 0 Å². The first-order valence-electron chi connectivity index (χ1n) is 5.62. The molecule has 0 amide bonds. The zero-order valence-electron chi connectivity index (χ0n) is 10.4. The van der Waals surface area contributed by atoms with Crippen molar-refractivity contribution in [2.75, 3.05) is 7.11 Å². The van der Waals surface area contributed by atoms with E-state index in [1.165, 1.54) is 7.11 Å². The number of fused-ring (bicyclic) bond motifs is 1. The number of methoxy groups -OCH3 is 1. The van der Waals surface area contributed by atoms with Gasteiger partial charge in [0.15, 0.2) is 11.5 Å². The number of carbonyl (C=O) groups excluding carboxylic acids is 1. The van der Waals surface area contributed by atoms with Gasteiger partial charge in [-0.3, -0.25) is 4.79 Å². The van der Waals surface area contributed by atoms with Gasteiger partial charge in [-0.05, 0) is 18.1 Å². The van der Waals surface area contributed by atoms with E-state index in [2.05, 4.69) is 10.1 Å². The molecule has 1 unspecified atom stereocenters. The molecule has 6 heteroatoms. The fourth-order valence-electron chi connectivity index (χ4n) is 1.81. The number of nitrogens with zero attached hydrogens (tertiary/aromatic N) is 3. The van der Waals surface area contributed by atoms with Crippen LogP contribution in [0.15, 0.2) is 18.3 Å². The molecule has 0 aromatic carbocycles. The molecular formula is C12H14ClN3O2. The first-order valence-corrected chi connectivity index (χ1v) is 6.00. The number of ether oxygens (including phenoxy) is 1. The first kappa shape index (κ1) is 12.8. The Morgan fingerprint density at radius 2 is 2.17 bits per heavy atom. The van der Waals surface area contributed by atoms with Gasteiger partial charge in [-0.1, -0.05) is 25.4 Å². The minimum atomic E-state index is -0.464. The van der Waals surface area contributed by atoms with Crippen LogP contribution in [0.4, 0.5) is 0 Å². The summed E-state index contributed by atoms with van der Waals surface area (Å²) in [5, 5.41) is 4.85. The van der Waals surface area contributed by atoms with Gasteiger partial charge in [0.05, 0.1) is 12.1 Å². The van der Waals surface area contributed by atoms with Crippen LogP contribution in [0, 0.1) is 5.92 Å². The van der Waals surface area contributed by atoms with Gasteiger partial charge in [-0.2, -0.15) is 5.10 Å². The topological polar surface area (TPSA) is 56.5 Å². The van der Waals surface area contributed by atoms with Crippen molar-refractivity contribution in [2.24, 2.45) is 5.92 Å². The van der Waals surface area contributed by atoms with E-state index in [0.29, 0.717) is 16.5 Å². The van der Waals surface area contributed by atoms with Crippen LogP contribution in [0.2, 0.25) is 5.02 Å². The zero-order chi connectivity index (χ0) is 13.3. The highest BCUT2D eigenvalue weighted by molar-refractivity contribution is 6.30. The van der Waals surface area contributed by atoms with Gasteiger partial charge in [0.1, 0.15) is 5.92 Å². The Kier molecular flexibility index (Phi) is 3.52. The van der Waals surface area contributed by atoms with Crippen LogP contribution < -0.4 is 0 Å². The van der Waals surface area contributed by atoms with Crippen molar-refractivity contribution in [3.8, 4) is 0 Å². The molecule has 0 fully saturated rings. The summed E-state index contributed by atoms with van der Waals surface area (Å²) in [6, 6.07) is 3.49. The van der Waals surface area contributed by atoms with E-state index in [1.807, 2.05) is 13.8 Å². The van der Waals surface area contributed by atoms with E-state index in [-0.39, 0.29) is 11.9 Å². The minimum Gasteiger partial charge on any atom is -0.468 e. The van der Waals surface area contributed by atoms with Crippen molar-refractivity contribution >= 4 is 23.2 Å². The number of hydrogen-bond acceptors (Lipinski definition) is 4. The predicted molar refractivity (Wildman–Crippen MR) is 67.6 cm³/mol. The quantitative estimate of drug-likeness (QED) is 0.801. The largest absolute Gasteiger partial charge is 0.468 e. The molecule has 0 bridgehead atoms. The molecule has 2 aromatic heterocycles. The molecule has 0 spiro atoms. The lowest BCUT2D eigenvalue weighted by Crippen LogP contribution is -2.21. The average molecular weight is 268 g/mol. The smallest absolute Gasteiger partial charge is 0.316 e. The Bertz CT molecular complexity index is 580. The minimum absolute atomic E-state index is 0.0605. The van der Waals surface area contributed by atoms with Crippen molar-refractivity contribution in [3.05, 3.63) is 29.2 Å². The van der Waals surface area contributed by atoms with Crippen LogP contribution in [-0.2, 0) is 9.53 Å². The summed E-state index contributed by atoms with van der Waals surface area (Å²) in [6.45, 7) is 3.86. The molecule has 0 aliphatic rings. The number of halogens is 1. The Morgan fingerprint density at radius 1 is 1.44 bits per heavy atom. The summed E-state index contributed by atoms with van der Waals surface area (Å²) in [6.07, 6.45) is 1.65. The lowest BCUT2D eigenvalue weighted by Gasteiger charge is -2.14. The van der Waals surface area contributed by atoms with Gasteiger partial charge in [-0.25, -0.2) is 9.50 Å². The lowest BCUT2D eigenvalue weighted by atomic mass is 9.95. The van der Waals surface area contributed by atoms with Gasteiger partial charge in [-0.15, -0.1) is 0 Å². The Labute approximate surface area is 110 Å². The molecule has 0 radical (unpaired) electrons. The third kappa shape index (κ3) is 2.31. The van der Waals surface area contributed by atoms with Crippen LogP contribution in [-0.4, -0.2) is 27.7 Å². The maximum atomic E-state index is 11.8. The third-order valence-corrected chi connectivity index (χ3v) is 2.93. The summed E-state index contributed by atoms with van der Waals surface area (Å²) in [7, 11) is 1.37. The lowest BCUT2D eigenvalue weighted by molar-refractivity contribution is -0.143. The van der Waals surface area contributed by atoms with Crippen molar-refractivity contribution < 1.29 is 9.53 Å². The van der Waals surface area contributed by atoms with Crippen molar-refractivity contribution in [2.45, 2.75) is 19.8 Å². The van der Waals surface area contributed by atoms with Crippen molar-refractivity contribution in [1.29, 1.82) is 0 Å². The molecule has 96 valence electrons. The molecule has 0 saturated heterocycles. The Morgan fingerprint density at radius 3 is 2.78 bits per heavy atom. The number of aromatic nitrogens is 3. The fraction of sp³-hybridized carbons (Fsp3) is 0.417. The molecule has 0 aliphatic heterocycles. The van der Waals surface area contributed by atoms with Gasteiger partial charge >= 0.3 is 5.97 Å². The maximum Gasteiger partial charge on any atom is 0.316 e. The second kappa shape index (κ2) is 4.94. The van der Waals surface area contributed by atoms with Crippen LogP contribution in [0.25, 0.3) is 5.65 Å². The monoisotopic (exact) mass is 267 g/mol. The highest BCUT2D eigenvalue weighted by Gasteiger charge is 2.29. The molecule has 0 aliphatic carbocycles. The molecule has 1 atom stereocenters. The zero-order valence-corrected chi connectivity index (χ0v) is 11.2. The normalized spacial score (nSPS) is 12.9. The van der Waals surface area contributed by atoms with E-state index < -0.39 is 5.92 Å². The molecule has 0 N–H and O–H groups in total. The van der Waals surface area contributed by atoms with E-state index in [0.717, 1.165) is 0 Å². The molecule has 18 heavy (non-hydrogen) atoms. The number of carbonyl (C=O) groups is 1. The number of esters is 1. The highest BCUT2D eigenvalue weighted by Crippen LogP contribution is 2.24. The number of hydrogen-bond donors (Lipinski definition) is 0. The standard InChI is InChI=1S/C12H14ClN3O2/c1-7(2)10(12(17)18-3)11-14-9-5-4-8(13)6-16(9)15-11/h4-7,10H,1-3H3. The third-order valence-electron chi connectivity index (χ3n) is 2.71. The molecule has 5 nitrogen and oxygen atoms in total.